The summed E-state index contributed by atoms with van der Waals surface area (Å²) in [6, 6.07) is 10.1. The fourth-order valence-corrected chi connectivity index (χ4v) is 4.37. The van der Waals surface area contributed by atoms with E-state index in [0.29, 0.717) is 22.8 Å². The van der Waals surface area contributed by atoms with Gasteiger partial charge in [-0.2, -0.15) is 16.8 Å². The molecule has 0 unspecified atom stereocenters. The van der Waals surface area contributed by atoms with E-state index >= 15 is 0 Å². The van der Waals surface area contributed by atoms with Crippen molar-refractivity contribution in [1.29, 1.82) is 0 Å². The maximum absolute atomic E-state index is 13.6. The van der Waals surface area contributed by atoms with Crippen molar-refractivity contribution in [2.24, 2.45) is 4.99 Å². The largest absolute Gasteiger partial charge is 0.454 e. The summed E-state index contributed by atoms with van der Waals surface area (Å²) in [4.78, 5) is 17.4. The third kappa shape index (κ3) is 3.86. The number of carbonyl (C=O) groups excluding carboxylic acids is 1. The van der Waals surface area contributed by atoms with Gasteiger partial charge in [-0.3, -0.25) is 4.79 Å². The molecule has 1 amide bonds. The molecule has 1 aromatic heterocycles. The van der Waals surface area contributed by atoms with E-state index in [1.54, 1.807) is 30.0 Å². The van der Waals surface area contributed by atoms with Crippen LogP contribution < -0.4 is 14.3 Å². The second kappa shape index (κ2) is 7.74. The normalized spacial score (nSPS) is 13.5. The second-order valence-corrected chi connectivity index (χ2v) is 8.01. The summed E-state index contributed by atoms with van der Waals surface area (Å²) in [5.74, 6) is 1.67. The predicted octanol–water partition coefficient (Wildman–Crippen LogP) is 3.60. The Balaban J connectivity index is 1.65. The zero-order valence-electron chi connectivity index (χ0n) is 14.6. The zero-order chi connectivity index (χ0) is 18.8. The molecule has 0 fully saturated rings. The summed E-state index contributed by atoms with van der Waals surface area (Å²) in [6.45, 7) is 0.911. The van der Waals surface area contributed by atoms with Crippen LogP contribution in [0.5, 0.6) is 11.5 Å². The Hall–Kier alpha value is -2.32. The van der Waals surface area contributed by atoms with E-state index in [1.165, 1.54) is 23.5 Å². The third-order valence-corrected chi connectivity index (χ3v) is 5.81. The van der Waals surface area contributed by atoms with Crippen LogP contribution in [-0.2, 0) is 17.8 Å². The van der Waals surface area contributed by atoms with Crippen LogP contribution in [0.25, 0.3) is 10.2 Å². The van der Waals surface area contributed by atoms with E-state index in [0.717, 1.165) is 21.5 Å². The molecular weight excluding hydrogens is 387 g/mol. The first-order chi connectivity index (χ1) is 13.1. The molecule has 0 spiro atoms. The lowest BCUT2D eigenvalue weighted by Crippen LogP contribution is -2.18. The Labute approximate surface area is 163 Å². The minimum absolute atomic E-state index is 0.168. The quantitative estimate of drug-likeness (QED) is 0.652. The molecule has 0 N–H and O–H groups in total. The van der Waals surface area contributed by atoms with Crippen LogP contribution in [0, 0.1) is 5.82 Å². The second-order valence-electron chi connectivity index (χ2n) is 6.01. The van der Waals surface area contributed by atoms with Gasteiger partial charge in [0.05, 0.1) is 16.6 Å². The minimum Gasteiger partial charge on any atom is -0.454 e. The fourth-order valence-electron chi connectivity index (χ4n) is 2.90. The zero-order valence-corrected chi connectivity index (χ0v) is 16.2. The molecule has 2 aromatic carbocycles. The molecule has 0 saturated heterocycles. The first-order valence-electron chi connectivity index (χ1n) is 8.38. The predicted molar refractivity (Wildman–Crippen MR) is 105 cm³/mol. The van der Waals surface area contributed by atoms with Crippen LogP contribution in [-0.4, -0.2) is 29.3 Å². The number of rotatable bonds is 5. The maximum atomic E-state index is 13.6. The number of amides is 1. The molecule has 3 aromatic rings. The number of thiazole rings is 1. The lowest BCUT2D eigenvalue weighted by Gasteiger charge is -2.04. The van der Waals surface area contributed by atoms with Crippen molar-refractivity contribution in [3.05, 3.63) is 52.6 Å². The van der Waals surface area contributed by atoms with Gasteiger partial charge in [-0.1, -0.05) is 17.4 Å². The third-order valence-electron chi connectivity index (χ3n) is 4.18. The average molecular weight is 404 g/mol. The van der Waals surface area contributed by atoms with Crippen molar-refractivity contribution in [1.82, 2.24) is 4.57 Å². The van der Waals surface area contributed by atoms with E-state index in [-0.39, 0.29) is 24.9 Å². The lowest BCUT2D eigenvalue weighted by atomic mass is 10.1. The summed E-state index contributed by atoms with van der Waals surface area (Å²) in [6.07, 6.45) is 2.19. The number of thioether (sulfide) groups is 1. The van der Waals surface area contributed by atoms with E-state index in [2.05, 4.69) is 4.99 Å². The molecule has 8 heteroatoms. The Bertz CT molecular complexity index is 1070. The molecule has 0 bridgehead atoms. The van der Waals surface area contributed by atoms with Crippen LogP contribution in [0.3, 0.4) is 0 Å². The van der Waals surface area contributed by atoms with Gasteiger partial charge in [-0.05, 0) is 42.2 Å². The Kier molecular flexibility index (Phi) is 5.18. The maximum Gasteiger partial charge on any atom is 0.252 e. The van der Waals surface area contributed by atoms with Crippen molar-refractivity contribution < 1.29 is 18.7 Å². The summed E-state index contributed by atoms with van der Waals surface area (Å²) in [7, 11) is 0. The highest BCUT2D eigenvalue weighted by Gasteiger charge is 2.15. The summed E-state index contributed by atoms with van der Waals surface area (Å²) >= 11 is 3.04. The monoisotopic (exact) mass is 404 g/mol. The number of halogens is 1. The smallest absolute Gasteiger partial charge is 0.252 e. The molecule has 140 valence electrons. The number of hydrogen-bond acceptors (Lipinski definition) is 5. The van der Waals surface area contributed by atoms with Gasteiger partial charge < -0.3 is 14.0 Å². The van der Waals surface area contributed by atoms with Crippen molar-refractivity contribution >= 4 is 39.2 Å². The molecule has 2 heterocycles. The van der Waals surface area contributed by atoms with Gasteiger partial charge in [0.2, 0.25) is 6.79 Å². The van der Waals surface area contributed by atoms with Crippen LogP contribution in [0.1, 0.15) is 5.56 Å². The number of hydrogen-bond donors (Lipinski definition) is 0. The number of fused-ring (bicyclic) bond motifs is 2. The summed E-state index contributed by atoms with van der Waals surface area (Å²) < 4.78 is 27.0. The topological polar surface area (TPSA) is 52.8 Å². The molecular formula is C19H17FN2O3S2. The molecule has 0 saturated carbocycles. The standard InChI is InChI=1S/C19H17FN2O3S2/c1-26-7-6-22-14-4-3-13(20)10-17(14)27-19(22)21-18(23)9-12-2-5-15-16(8-12)25-11-24-15/h2-5,8,10H,6-7,9,11H2,1H3. The van der Waals surface area contributed by atoms with Gasteiger partial charge in [0, 0.05) is 12.3 Å². The summed E-state index contributed by atoms with van der Waals surface area (Å²) in [5.41, 5.74) is 1.71. The first-order valence-corrected chi connectivity index (χ1v) is 10.6. The van der Waals surface area contributed by atoms with Crippen molar-refractivity contribution in [2.75, 3.05) is 18.8 Å². The van der Waals surface area contributed by atoms with Gasteiger partial charge in [-0.25, -0.2) is 4.39 Å². The van der Waals surface area contributed by atoms with Crippen LogP contribution in [0.4, 0.5) is 4.39 Å². The molecule has 0 radical (unpaired) electrons. The van der Waals surface area contributed by atoms with Crippen LogP contribution in [0.15, 0.2) is 41.4 Å². The van der Waals surface area contributed by atoms with Gasteiger partial charge in [0.1, 0.15) is 5.82 Å². The van der Waals surface area contributed by atoms with Crippen molar-refractivity contribution in [2.45, 2.75) is 13.0 Å². The fraction of sp³-hybridized carbons (Fsp3) is 0.263. The Morgan fingerprint density at radius 3 is 2.96 bits per heavy atom. The number of nitrogens with zero attached hydrogens (tertiary/aromatic N) is 2. The Morgan fingerprint density at radius 2 is 2.11 bits per heavy atom. The molecule has 5 nitrogen and oxygen atoms in total. The van der Waals surface area contributed by atoms with E-state index in [9.17, 15) is 9.18 Å². The van der Waals surface area contributed by atoms with Gasteiger partial charge in [0.25, 0.3) is 5.91 Å². The van der Waals surface area contributed by atoms with E-state index in [1.807, 2.05) is 16.9 Å². The van der Waals surface area contributed by atoms with Crippen LogP contribution in [0.2, 0.25) is 0 Å². The highest BCUT2D eigenvalue weighted by Crippen LogP contribution is 2.32. The number of ether oxygens (including phenoxy) is 2. The molecule has 0 atom stereocenters. The number of carbonyl (C=O) groups is 1. The van der Waals surface area contributed by atoms with Gasteiger partial charge in [-0.15, -0.1) is 0 Å². The number of benzene rings is 2. The number of aromatic nitrogens is 1. The van der Waals surface area contributed by atoms with E-state index < -0.39 is 0 Å². The van der Waals surface area contributed by atoms with Crippen molar-refractivity contribution in [3.63, 3.8) is 0 Å². The van der Waals surface area contributed by atoms with Gasteiger partial charge in [0.15, 0.2) is 16.3 Å². The lowest BCUT2D eigenvalue weighted by molar-refractivity contribution is -0.117. The van der Waals surface area contributed by atoms with Gasteiger partial charge >= 0.3 is 0 Å². The molecule has 1 aliphatic rings. The summed E-state index contributed by atoms with van der Waals surface area (Å²) in [5, 5.41) is 0. The van der Waals surface area contributed by atoms with E-state index in [4.69, 9.17) is 9.47 Å². The van der Waals surface area contributed by atoms with Crippen molar-refractivity contribution in [3.8, 4) is 11.5 Å². The molecule has 1 aliphatic heterocycles. The molecule has 27 heavy (non-hydrogen) atoms. The number of aryl methyl sites for hydroxylation is 1. The van der Waals surface area contributed by atoms with Crippen LogP contribution >= 0.6 is 23.1 Å². The highest BCUT2D eigenvalue weighted by atomic mass is 32.2. The molecule has 4 rings (SSSR count). The minimum atomic E-state index is -0.293. The first kappa shape index (κ1) is 18.1. The SMILES string of the molecule is CSCCn1c(=NC(=O)Cc2ccc3c(c2)OCO3)sc2cc(F)ccc21. The highest BCUT2D eigenvalue weighted by molar-refractivity contribution is 7.98. The molecule has 0 aliphatic carbocycles. The Morgan fingerprint density at radius 1 is 1.26 bits per heavy atom. The average Bonchev–Trinajstić information content (AvgIpc) is 3.23.